The fourth-order valence-electron chi connectivity index (χ4n) is 1.70. The highest BCUT2D eigenvalue weighted by Gasteiger charge is 2.08. The van der Waals surface area contributed by atoms with Crippen LogP contribution < -0.4 is 5.32 Å². The Morgan fingerprint density at radius 3 is 2.75 bits per heavy atom. The number of hydrogen-bond donors (Lipinski definition) is 2. The molecule has 6 nitrogen and oxygen atoms in total. The van der Waals surface area contributed by atoms with Gasteiger partial charge in [-0.25, -0.2) is 0 Å². The van der Waals surface area contributed by atoms with Gasteiger partial charge < -0.3 is 14.9 Å². The molecule has 0 atom stereocenters. The maximum atomic E-state index is 9.20. The molecule has 3 rings (SSSR count). The first-order valence-electron chi connectivity index (χ1n) is 6.07. The summed E-state index contributed by atoms with van der Waals surface area (Å²) in [5.74, 6) is 1.23. The number of aromatic hydroxyl groups is 1. The highest BCUT2D eigenvalue weighted by atomic mass is 16.5. The summed E-state index contributed by atoms with van der Waals surface area (Å²) >= 11 is 0. The second-order valence-corrected chi connectivity index (χ2v) is 4.15. The molecule has 0 saturated heterocycles. The van der Waals surface area contributed by atoms with Gasteiger partial charge in [-0.1, -0.05) is 5.16 Å². The first-order valence-corrected chi connectivity index (χ1v) is 6.07. The predicted molar refractivity (Wildman–Crippen MR) is 73.0 cm³/mol. The zero-order chi connectivity index (χ0) is 13.8. The van der Waals surface area contributed by atoms with Crippen LogP contribution in [0.25, 0.3) is 11.4 Å². The molecule has 2 aromatic heterocycles. The minimum absolute atomic E-state index is 0.229. The lowest BCUT2D eigenvalue weighted by atomic mass is 10.3. The summed E-state index contributed by atoms with van der Waals surface area (Å²) in [6.45, 7) is 0.415. The van der Waals surface area contributed by atoms with Gasteiger partial charge in [-0.2, -0.15) is 4.98 Å². The van der Waals surface area contributed by atoms with E-state index in [1.807, 2.05) is 12.1 Å². The van der Waals surface area contributed by atoms with E-state index in [4.69, 9.17) is 4.52 Å². The molecule has 2 N–H and O–H groups in total. The van der Waals surface area contributed by atoms with Gasteiger partial charge in [0.25, 0.3) is 0 Å². The summed E-state index contributed by atoms with van der Waals surface area (Å²) in [6, 6.07) is 10.4. The molecule has 0 aliphatic rings. The fourth-order valence-corrected chi connectivity index (χ4v) is 1.70. The summed E-state index contributed by atoms with van der Waals surface area (Å²) < 4.78 is 5.16. The van der Waals surface area contributed by atoms with Crippen molar-refractivity contribution in [2.75, 3.05) is 5.32 Å². The molecule has 0 spiro atoms. The van der Waals surface area contributed by atoms with Crippen molar-refractivity contribution in [3.05, 3.63) is 54.7 Å². The molecule has 0 fully saturated rings. The molecule has 0 bridgehead atoms. The van der Waals surface area contributed by atoms with E-state index >= 15 is 0 Å². The Labute approximate surface area is 115 Å². The summed E-state index contributed by atoms with van der Waals surface area (Å²) in [5, 5.41) is 16.2. The first-order chi connectivity index (χ1) is 9.81. The lowest BCUT2D eigenvalue weighted by molar-refractivity contribution is 0.384. The molecule has 3 aromatic rings. The van der Waals surface area contributed by atoms with Crippen LogP contribution in [0.3, 0.4) is 0 Å². The van der Waals surface area contributed by atoms with Crippen molar-refractivity contribution in [3.63, 3.8) is 0 Å². The molecule has 0 aliphatic carbocycles. The molecule has 0 saturated carbocycles. The number of nitrogens with one attached hydrogen (secondary N) is 1. The summed E-state index contributed by atoms with van der Waals surface area (Å²) in [7, 11) is 0. The second kappa shape index (κ2) is 5.40. The predicted octanol–water partition coefficient (Wildman–Crippen LogP) is 2.45. The van der Waals surface area contributed by atoms with Gasteiger partial charge in [0.05, 0.1) is 6.54 Å². The highest BCUT2D eigenvalue weighted by molar-refractivity contribution is 5.52. The SMILES string of the molecule is Oc1ccc(NCc2nc(-c3cccnc3)no2)cc1. The van der Waals surface area contributed by atoms with Crippen molar-refractivity contribution in [3.8, 4) is 17.1 Å². The van der Waals surface area contributed by atoms with Gasteiger partial charge >= 0.3 is 0 Å². The largest absolute Gasteiger partial charge is 0.508 e. The summed E-state index contributed by atoms with van der Waals surface area (Å²) in [4.78, 5) is 8.29. The Hall–Kier alpha value is -2.89. The number of aromatic nitrogens is 3. The first kappa shape index (κ1) is 12.2. The smallest absolute Gasteiger partial charge is 0.246 e. The maximum absolute atomic E-state index is 9.20. The average molecular weight is 268 g/mol. The van der Waals surface area contributed by atoms with Crippen molar-refractivity contribution in [2.24, 2.45) is 0 Å². The van der Waals surface area contributed by atoms with Crippen molar-refractivity contribution in [1.82, 2.24) is 15.1 Å². The molecule has 2 heterocycles. The molecule has 20 heavy (non-hydrogen) atoms. The fraction of sp³-hybridized carbons (Fsp3) is 0.0714. The van der Waals surface area contributed by atoms with Gasteiger partial charge in [-0.15, -0.1) is 0 Å². The molecular weight excluding hydrogens is 256 g/mol. The molecule has 6 heteroatoms. The topological polar surface area (TPSA) is 84.1 Å². The quantitative estimate of drug-likeness (QED) is 0.707. The van der Waals surface area contributed by atoms with Crippen molar-refractivity contribution in [1.29, 1.82) is 0 Å². The van der Waals surface area contributed by atoms with E-state index < -0.39 is 0 Å². The van der Waals surface area contributed by atoms with Crippen LogP contribution in [0, 0.1) is 0 Å². The van der Waals surface area contributed by atoms with Gasteiger partial charge in [0.2, 0.25) is 11.7 Å². The number of pyridine rings is 1. The third kappa shape index (κ3) is 2.74. The summed E-state index contributed by atoms with van der Waals surface area (Å²) in [6.07, 6.45) is 3.37. The molecule has 100 valence electrons. The maximum Gasteiger partial charge on any atom is 0.246 e. The third-order valence-electron chi connectivity index (χ3n) is 2.70. The van der Waals surface area contributed by atoms with Crippen molar-refractivity contribution in [2.45, 2.75) is 6.54 Å². The second-order valence-electron chi connectivity index (χ2n) is 4.15. The van der Waals surface area contributed by atoms with Gasteiger partial charge in [0, 0.05) is 23.6 Å². The van der Waals surface area contributed by atoms with Gasteiger partial charge in [0.15, 0.2) is 0 Å². The van der Waals surface area contributed by atoms with Crippen LogP contribution >= 0.6 is 0 Å². The monoisotopic (exact) mass is 268 g/mol. The van der Waals surface area contributed by atoms with Gasteiger partial charge in [-0.05, 0) is 36.4 Å². The van der Waals surface area contributed by atoms with E-state index in [0.717, 1.165) is 11.3 Å². The third-order valence-corrected chi connectivity index (χ3v) is 2.70. The van der Waals surface area contributed by atoms with Crippen LogP contribution in [0.1, 0.15) is 5.89 Å². The van der Waals surface area contributed by atoms with E-state index in [9.17, 15) is 5.11 Å². The number of phenols is 1. The Morgan fingerprint density at radius 2 is 2.00 bits per heavy atom. The highest BCUT2D eigenvalue weighted by Crippen LogP contribution is 2.16. The normalized spacial score (nSPS) is 10.4. The van der Waals surface area contributed by atoms with Crippen LogP contribution in [-0.2, 0) is 6.54 Å². The minimum Gasteiger partial charge on any atom is -0.508 e. The summed E-state index contributed by atoms with van der Waals surface area (Å²) in [5.41, 5.74) is 1.68. The molecule has 0 unspecified atom stereocenters. The zero-order valence-electron chi connectivity index (χ0n) is 10.5. The van der Waals surface area contributed by atoms with Crippen molar-refractivity contribution < 1.29 is 9.63 Å². The van der Waals surface area contributed by atoms with E-state index in [2.05, 4.69) is 20.4 Å². The zero-order valence-corrected chi connectivity index (χ0v) is 10.5. The number of anilines is 1. The Morgan fingerprint density at radius 1 is 1.15 bits per heavy atom. The van der Waals surface area contributed by atoms with Crippen LogP contribution in [-0.4, -0.2) is 20.2 Å². The van der Waals surface area contributed by atoms with Crippen LogP contribution in [0.15, 0.2) is 53.3 Å². The Bertz CT molecular complexity index is 680. The average Bonchev–Trinajstić information content (AvgIpc) is 2.97. The molecule has 1 aromatic carbocycles. The van der Waals surface area contributed by atoms with E-state index in [1.54, 1.807) is 36.7 Å². The number of benzene rings is 1. The van der Waals surface area contributed by atoms with E-state index in [-0.39, 0.29) is 5.75 Å². The number of hydrogen-bond acceptors (Lipinski definition) is 6. The minimum atomic E-state index is 0.229. The molecule has 0 aliphatic heterocycles. The Kier molecular flexibility index (Phi) is 3.28. The van der Waals surface area contributed by atoms with Gasteiger partial charge in [0.1, 0.15) is 5.75 Å². The molecule has 0 amide bonds. The van der Waals surface area contributed by atoms with Crippen LogP contribution in [0.2, 0.25) is 0 Å². The van der Waals surface area contributed by atoms with Crippen LogP contribution in [0.4, 0.5) is 5.69 Å². The van der Waals surface area contributed by atoms with Gasteiger partial charge in [-0.3, -0.25) is 4.98 Å². The number of rotatable bonds is 4. The lowest BCUT2D eigenvalue weighted by Crippen LogP contribution is -1.99. The number of nitrogens with zero attached hydrogens (tertiary/aromatic N) is 3. The van der Waals surface area contributed by atoms with E-state index in [1.165, 1.54) is 0 Å². The molecule has 0 radical (unpaired) electrons. The Balaban J connectivity index is 1.67. The standard InChI is InChI=1S/C14H12N4O2/c19-12-5-3-11(4-6-12)16-9-13-17-14(18-20-13)10-2-1-7-15-8-10/h1-8,16,19H,9H2. The van der Waals surface area contributed by atoms with Crippen LogP contribution in [0.5, 0.6) is 5.75 Å². The van der Waals surface area contributed by atoms with Crippen molar-refractivity contribution >= 4 is 5.69 Å². The molecular formula is C14H12N4O2. The van der Waals surface area contributed by atoms with E-state index in [0.29, 0.717) is 18.3 Å². The lowest BCUT2D eigenvalue weighted by Gasteiger charge is -2.02. The number of phenolic OH excluding ortho intramolecular Hbond substituents is 1.